The van der Waals surface area contributed by atoms with Crippen molar-refractivity contribution in [1.29, 1.82) is 0 Å². The second-order valence-corrected chi connectivity index (χ2v) is 7.59. The van der Waals surface area contributed by atoms with Gasteiger partial charge in [0.05, 0.1) is 16.3 Å². The van der Waals surface area contributed by atoms with Crippen molar-refractivity contribution >= 4 is 31.6 Å². The van der Waals surface area contributed by atoms with Gasteiger partial charge in [0.25, 0.3) is 10.0 Å². The Hall–Kier alpha value is -1.40. The van der Waals surface area contributed by atoms with Crippen LogP contribution in [0.3, 0.4) is 0 Å². The summed E-state index contributed by atoms with van der Waals surface area (Å²) < 4.78 is 28.0. The molecule has 0 fully saturated rings. The first kappa shape index (κ1) is 16.0. The van der Waals surface area contributed by atoms with Gasteiger partial charge in [-0.25, -0.2) is 13.4 Å². The zero-order valence-electron chi connectivity index (χ0n) is 12.1. The van der Waals surface area contributed by atoms with Crippen molar-refractivity contribution in [3.05, 3.63) is 52.3 Å². The van der Waals surface area contributed by atoms with E-state index in [2.05, 4.69) is 39.5 Å². The highest BCUT2D eigenvalue weighted by molar-refractivity contribution is 9.10. The van der Waals surface area contributed by atoms with Crippen LogP contribution in [0, 0.1) is 6.92 Å². The molecule has 0 unspecified atom stereocenters. The Morgan fingerprint density at radius 2 is 1.71 bits per heavy atom. The minimum Gasteiger partial charge on any atom is -0.278 e. The van der Waals surface area contributed by atoms with Crippen molar-refractivity contribution in [2.24, 2.45) is 0 Å². The summed E-state index contributed by atoms with van der Waals surface area (Å²) in [5, 5.41) is 0. The van der Waals surface area contributed by atoms with Crippen LogP contribution in [0.1, 0.15) is 31.0 Å². The molecule has 6 heteroatoms. The molecule has 0 saturated carbocycles. The van der Waals surface area contributed by atoms with Crippen LogP contribution in [-0.2, 0) is 10.0 Å². The molecule has 0 aliphatic rings. The van der Waals surface area contributed by atoms with Crippen LogP contribution >= 0.6 is 15.9 Å². The number of hydrogen-bond acceptors (Lipinski definition) is 3. The summed E-state index contributed by atoms with van der Waals surface area (Å²) in [6.45, 7) is 5.89. The van der Waals surface area contributed by atoms with Crippen LogP contribution < -0.4 is 4.72 Å². The molecule has 1 heterocycles. The van der Waals surface area contributed by atoms with Crippen molar-refractivity contribution in [1.82, 2.24) is 4.98 Å². The summed E-state index contributed by atoms with van der Waals surface area (Å²) in [6.07, 6.45) is 0. The number of aromatic nitrogens is 1. The minimum atomic E-state index is -3.60. The Morgan fingerprint density at radius 3 is 2.24 bits per heavy atom. The van der Waals surface area contributed by atoms with E-state index in [-0.39, 0.29) is 4.90 Å². The van der Waals surface area contributed by atoms with E-state index in [9.17, 15) is 8.42 Å². The lowest BCUT2D eigenvalue weighted by Crippen LogP contribution is -2.14. The minimum absolute atomic E-state index is 0.245. The van der Waals surface area contributed by atoms with Gasteiger partial charge >= 0.3 is 0 Å². The molecule has 0 bridgehead atoms. The van der Waals surface area contributed by atoms with Gasteiger partial charge in [0.15, 0.2) is 0 Å². The number of nitrogens with one attached hydrogen (secondary N) is 1. The number of nitrogens with zero attached hydrogens (tertiary/aromatic N) is 1. The lowest BCUT2D eigenvalue weighted by atomic mass is 10.0. The van der Waals surface area contributed by atoms with E-state index in [1.807, 2.05) is 12.1 Å². The van der Waals surface area contributed by atoms with Gasteiger partial charge in [-0.05, 0) is 58.6 Å². The van der Waals surface area contributed by atoms with Crippen molar-refractivity contribution in [3.63, 3.8) is 0 Å². The average molecular weight is 369 g/mol. The van der Waals surface area contributed by atoms with E-state index in [0.29, 0.717) is 21.9 Å². The average Bonchev–Trinajstić information content (AvgIpc) is 2.42. The topological polar surface area (TPSA) is 59.1 Å². The van der Waals surface area contributed by atoms with E-state index in [1.54, 1.807) is 31.2 Å². The first-order valence-corrected chi connectivity index (χ1v) is 8.83. The summed E-state index contributed by atoms with van der Waals surface area (Å²) in [5.41, 5.74) is 2.20. The Bertz CT molecular complexity index is 741. The third-order valence-corrected chi connectivity index (χ3v) is 4.98. The van der Waals surface area contributed by atoms with Gasteiger partial charge in [-0.3, -0.25) is 4.72 Å². The van der Waals surface area contributed by atoms with Crippen molar-refractivity contribution in [2.45, 2.75) is 31.6 Å². The summed E-state index contributed by atoms with van der Waals surface area (Å²) >= 11 is 3.25. The molecular weight excluding hydrogens is 352 g/mol. The number of benzene rings is 1. The number of anilines is 1. The maximum atomic E-state index is 12.4. The van der Waals surface area contributed by atoms with Crippen LogP contribution in [0.4, 0.5) is 5.69 Å². The van der Waals surface area contributed by atoms with Crippen molar-refractivity contribution < 1.29 is 8.42 Å². The molecule has 2 aromatic rings. The molecule has 0 atom stereocenters. The summed E-state index contributed by atoms with van der Waals surface area (Å²) in [6, 6.07) is 10.3. The Balaban J connectivity index is 2.29. The zero-order chi connectivity index (χ0) is 15.6. The molecule has 1 aromatic carbocycles. The van der Waals surface area contributed by atoms with Crippen molar-refractivity contribution in [3.8, 4) is 0 Å². The third-order valence-electron chi connectivity index (χ3n) is 3.15. The van der Waals surface area contributed by atoms with Crippen LogP contribution in [-0.4, -0.2) is 13.4 Å². The number of aryl methyl sites for hydroxylation is 1. The van der Waals surface area contributed by atoms with Gasteiger partial charge in [0.1, 0.15) is 4.60 Å². The van der Waals surface area contributed by atoms with E-state index in [1.165, 1.54) is 0 Å². The Morgan fingerprint density at radius 1 is 1.10 bits per heavy atom. The number of sulfonamides is 1. The summed E-state index contributed by atoms with van der Waals surface area (Å²) in [5.74, 6) is 0.368. The van der Waals surface area contributed by atoms with Gasteiger partial charge in [0, 0.05) is 0 Å². The molecule has 0 saturated heterocycles. The molecule has 1 N–H and O–H groups in total. The number of hydrogen-bond donors (Lipinski definition) is 1. The SMILES string of the molecule is Cc1nc(Br)ccc1NS(=O)(=O)c1ccc(C(C)C)cc1. The second kappa shape index (κ2) is 6.15. The van der Waals surface area contributed by atoms with E-state index < -0.39 is 10.0 Å². The van der Waals surface area contributed by atoms with Gasteiger partial charge in [-0.1, -0.05) is 26.0 Å². The quantitative estimate of drug-likeness (QED) is 0.827. The smallest absolute Gasteiger partial charge is 0.261 e. The fraction of sp³-hybridized carbons (Fsp3) is 0.267. The molecule has 0 aliphatic heterocycles. The summed E-state index contributed by atoms with van der Waals surface area (Å²) in [7, 11) is -3.60. The van der Waals surface area contributed by atoms with Gasteiger partial charge in [-0.2, -0.15) is 0 Å². The lowest BCUT2D eigenvalue weighted by Gasteiger charge is -2.11. The first-order valence-electron chi connectivity index (χ1n) is 6.55. The van der Waals surface area contributed by atoms with Crippen molar-refractivity contribution in [2.75, 3.05) is 4.72 Å². The molecular formula is C15H17BrN2O2S. The molecule has 4 nitrogen and oxygen atoms in total. The summed E-state index contributed by atoms with van der Waals surface area (Å²) in [4.78, 5) is 4.42. The molecule has 112 valence electrons. The maximum Gasteiger partial charge on any atom is 0.261 e. The number of pyridine rings is 1. The monoisotopic (exact) mass is 368 g/mol. The largest absolute Gasteiger partial charge is 0.278 e. The predicted octanol–water partition coefficient (Wildman–Crippen LogP) is 4.08. The standard InChI is InChI=1S/C15H17BrN2O2S/c1-10(2)12-4-6-13(7-5-12)21(19,20)18-14-8-9-15(16)17-11(14)3/h4-10,18H,1-3H3. The zero-order valence-corrected chi connectivity index (χ0v) is 14.5. The number of halogens is 1. The van der Waals surface area contributed by atoms with Gasteiger partial charge in [-0.15, -0.1) is 0 Å². The normalized spacial score (nSPS) is 11.7. The highest BCUT2D eigenvalue weighted by atomic mass is 79.9. The van der Waals surface area contributed by atoms with Crippen LogP contribution in [0.5, 0.6) is 0 Å². The highest BCUT2D eigenvalue weighted by Crippen LogP contribution is 2.22. The van der Waals surface area contributed by atoms with E-state index in [4.69, 9.17) is 0 Å². The van der Waals surface area contributed by atoms with Crippen LogP contribution in [0.15, 0.2) is 45.9 Å². The highest BCUT2D eigenvalue weighted by Gasteiger charge is 2.16. The second-order valence-electron chi connectivity index (χ2n) is 5.10. The Labute approximate surface area is 133 Å². The first-order chi connectivity index (χ1) is 9.79. The molecule has 0 radical (unpaired) electrons. The van der Waals surface area contributed by atoms with Gasteiger partial charge < -0.3 is 0 Å². The maximum absolute atomic E-state index is 12.4. The lowest BCUT2D eigenvalue weighted by molar-refractivity contribution is 0.601. The molecule has 0 spiro atoms. The molecule has 2 rings (SSSR count). The predicted molar refractivity (Wildman–Crippen MR) is 88.0 cm³/mol. The van der Waals surface area contributed by atoms with E-state index >= 15 is 0 Å². The van der Waals surface area contributed by atoms with Crippen LogP contribution in [0.25, 0.3) is 0 Å². The van der Waals surface area contributed by atoms with Crippen LogP contribution in [0.2, 0.25) is 0 Å². The Kier molecular flexibility index (Phi) is 4.68. The number of rotatable bonds is 4. The third kappa shape index (κ3) is 3.83. The molecule has 0 aliphatic carbocycles. The fourth-order valence-electron chi connectivity index (χ4n) is 1.87. The fourth-order valence-corrected chi connectivity index (χ4v) is 3.39. The van der Waals surface area contributed by atoms with Gasteiger partial charge in [0.2, 0.25) is 0 Å². The molecule has 21 heavy (non-hydrogen) atoms. The molecule has 0 amide bonds. The van der Waals surface area contributed by atoms with E-state index in [0.717, 1.165) is 5.56 Å². The molecule has 1 aromatic heterocycles.